The van der Waals surface area contributed by atoms with E-state index in [9.17, 15) is 4.39 Å². The fraction of sp³-hybridized carbons (Fsp3) is 0.571. The quantitative estimate of drug-likeness (QED) is 0.844. The average Bonchev–Trinajstić information content (AvgIpc) is 2.84. The second kappa shape index (κ2) is 6.16. The van der Waals surface area contributed by atoms with Gasteiger partial charge in [0.15, 0.2) is 0 Å². The van der Waals surface area contributed by atoms with E-state index in [1.54, 1.807) is 12.1 Å². The molecular weight excluding hydrogens is 233 g/mol. The molecule has 0 bridgehead atoms. The Kier molecular flexibility index (Phi) is 4.55. The van der Waals surface area contributed by atoms with E-state index in [1.165, 1.54) is 6.07 Å². The molecule has 1 aliphatic rings. The van der Waals surface area contributed by atoms with Gasteiger partial charge >= 0.3 is 0 Å². The van der Waals surface area contributed by atoms with Crippen molar-refractivity contribution in [2.75, 3.05) is 18.1 Å². The van der Waals surface area contributed by atoms with Crippen LogP contribution in [0.15, 0.2) is 18.2 Å². The Hall–Kier alpha value is -1.13. The van der Waals surface area contributed by atoms with Gasteiger partial charge in [-0.15, -0.1) is 0 Å². The largest absolute Gasteiger partial charge is 0.396 e. The van der Waals surface area contributed by atoms with Crippen LogP contribution in [0.25, 0.3) is 0 Å². The fourth-order valence-electron chi connectivity index (χ4n) is 2.66. The van der Waals surface area contributed by atoms with Crippen LogP contribution in [0.1, 0.15) is 31.2 Å². The molecule has 18 heavy (non-hydrogen) atoms. The lowest BCUT2D eigenvalue weighted by molar-refractivity contribution is 0.279. The van der Waals surface area contributed by atoms with Gasteiger partial charge in [-0.3, -0.25) is 0 Å². The monoisotopic (exact) mass is 253 g/mol. The van der Waals surface area contributed by atoms with Crippen LogP contribution in [0.3, 0.4) is 0 Å². The predicted octanol–water partition coefficient (Wildman–Crippen LogP) is 2.06. The van der Waals surface area contributed by atoms with E-state index in [2.05, 4.69) is 4.90 Å². The summed E-state index contributed by atoms with van der Waals surface area (Å²) < 4.78 is 14.0. The van der Waals surface area contributed by atoms with E-state index in [0.717, 1.165) is 32.2 Å². The van der Waals surface area contributed by atoms with Crippen LogP contribution >= 0.6 is 0 Å². The first kappa shape index (κ1) is 13.3. The Morgan fingerprint density at radius 1 is 1.33 bits per heavy atom. The molecule has 0 aromatic heterocycles. The summed E-state index contributed by atoms with van der Waals surface area (Å²) in [6.07, 6.45) is 3.79. The molecule has 0 radical (unpaired) electrons. The van der Waals surface area contributed by atoms with Crippen LogP contribution in [-0.4, -0.2) is 29.4 Å². The third-order valence-electron chi connectivity index (χ3n) is 3.58. The Morgan fingerprint density at radius 3 is 2.83 bits per heavy atom. The number of benzene rings is 1. The number of aliphatic hydroxyl groups excluding tert-OH is 2. The SMILES string of the molecule is OCCCC1CCCN1c1ccc(CO)cc1F. The highest BCUT2D eigenvalue weighted by atomic mass is 19.1. The first-order valence-corrected chi connectivity index (χ1v) is 6.53. The Bertz CT molecular complexity index is 397. The third kappa shape index (κ3) is 2.82. The molecule has 1 fully saturated rings. The van der Waals surface area contributed by atoms with Gasteiger partial charge in [0.1, 0.15) is 5.82 Å². The van der Waals surface area contributed by atoms with Crippen molar-refractivity contribution >= 4 is 5.69 Å². The van der Waals surface area contributed by atoms with Crippen LogP contribution in [0, 0.1) is 5.82 Å². The van der Waals surface area contributed by atoms with E-state index in [0.29, 0.717) is 17.3 Å². The van der Waals surface area contributed by atoms with Gasteiger partial charge in [0, 0.05) is 19.2 Å². The summed E-state index contributed by atoms with van der Waals surface area (Å²) in [5.74, 6) is -0.266. The van der Waals surface area contributed by atoms with E-state index in [1.807, 2.05) is 0 Å². The maximum Gasteiger partial charge on any atom is 0.146 e. The van der Waals surface area contributed by atoms with Crippen LogP contribution in [0.2, 0.25) is 0 Å². The molecule has 2 N–H and O–H groups in total. The summed E-state index contributed by atoms with van der Waals surface area (Å²) in [7, 11) is 0. The molecule has 0 aliphatic carbocycles. The number of nitrogens with zero attached hydrogens (tertiary/aromatic N) is 1. The van der Waals surface area contributed by atoms with Crippen LogP contribution in [0.4, 0.5) is 10.1 Å². The molecule has 0 saturated carbocycles. The summed E-state index contributed by atoms with van der Waals surface area (Å²) in [6, 6.07) is 5.24. The lowest BCUT2D eigenvalue weighted by Gasteiger charge is -2.27. The average molecular weight is 253 g/mol. The number of hydrogen-bond acceptors (Lipinski definition) is 3. The van der Waals surface area contributed by atoms with Gasteiger partial charge in [0.05, 0.1) is 12.3 Å². The normalized spacial score (nSPS) is 19.5. The van der Waals surface area contributed by atoms with Gasteiger partial charge in [-0.05, 0) is 43.4 Å². The first-order valence-electron chi connectivity index (χ1n) is 6.53. The molecular formula is C14H20FNO2. The number of anilines is 1. The van der Waals surface area contributed by atoms with Crippen molar-refractivity contribution in [3.05, 3.63) is 29.6 Å². The summed E-state index contributed by atoms with van der Waals surface area (Å²) in [5.41, 5.74) is 1.22. The van der Waals surface area contributed by atoms with E-state index < -0.39 is 0 Å². The second-order valence-corrected chi connectivity index (χ2v) is 4.80. The van der Waals surface area contributed by atoms with E-state index >= 15 is 0 Å². The van der Waals surface area contributed by atoms with Crippen LogP contribution in [-0.2, 0) is 6.61 Å². The summed E-state index contributed by atoms with van der Waals surface area (Å²) in [5, 5.41) is 17.9. The Balaban J connectivity index is 2.14. The molecule has 1 saturated heterocycles. The maximum atomic E-state index is 14.0. The molecule has 1 aromatic rings. The van der Waals surface area contributed by atoms with Crippen LogP contribution in [0.5, 0.6) is 0 Å². The van der Waals surface area contributed by atoms with Gasteiger partial charge in [-0.2, -0.15) is 0 Å². The zero-order valence-corrected chi connectivity index (χ0v) is 10.5. The van der Waals surface area contributed by atoms with Crippen molar-refractivity contribution in [3.8, 4) is 0 Å². The highest BCUT2D eigenvalue weighted by Crippen LogP contribution is 2.30. The molecule has 100 valence electrons. The molecule has 0 spiro atoms. The van der Waals surface area contributed by atoms with Gasteiger partial charge in [0.25, 0.3) is 0 Å². The molecule has 4 heteroatoms. The van der Waals surface area contributed by atoms with Gasteiger partial charge < -0.3 is 15.1 Å². The molecule has 1 unspecified atom stereocenters. The van der Waals surface area contributed by atoms with Gasteiger partial charge in [0.2, 0.25) is 0 Å². The zero-order chi connectivity index (χ0) is 13.0. The zero-order valence-electron chi connectivity index (χ0n) is 10.5. The van der Waals surface area contributed by atoms with Crippen molar-refractivity contribution in [3.63, 3.8) is 0 Å². The molecule has 1 heterocycles. The highest BCUT2D eigenvalue weighted by Gasteiger charge is 2.26. The lowest BCUT2D eigenvalue weighted by Crippen LogP contribution is -2.30. The van der Waals surface area contributed by atoms with Crippen molar-refractivity contribution in [1.29, 1.82) is 0 Å². The minimum atomic E-state index is -0.266. The summed E-state index contributed by atoms with van der Waals surface area (Å²) >= 11 is 0. The second-order valence-electron chi connectivity index (χ2n) is 4.80. The van der Waals surface area contributed by atoms with Crippen molar-refractivity contribution in [2.45, 2.75) is 38.3 Å². The first-order chi connectivity index (χ1) is 8.76. The number of rotatable bonds is 5. The minimum absolute atomic E-state index is 0.134. The van der Waals surface area contributed by atoms with Crippen LogP contribution < -0.4 is 4.90 Å². The van der Waals surface area contributed by atoms with Gasteiger partial charge in [-0.25, -0.2) is 4.39 Å². The summed E-state index contributed by atoms with van der Waals surface area (Å²) in [4.78, 5) is 2.09. The third-order valence-corrected chi connectivity index (χ3v) is 3.58. The van der Waals surface area contributed by atoms with Crippen molar-refractivity contribution < 1.29 is 14.6 Å². The standard InChI is InChI=1S/C14H20FNO2/c15-13-9-11(10-18)5-6-14(13)16-7-1-3-12(16)4-2-8-17/h5-6,9,12,17-18H,1-4,7-8,10H2. The highest BCUT2D eigenvalue weighted by molar-refractivity contribution is 5.51. The number of hydrogen-bond donors (Lipinski definition) is 2. The minimum Gasteiger partial charge on any atom is -0.396 e. The molecule has 1 aliphatic heterocycles. The molecule has 1 atom stereocenters. The Labute approximate surface area is 107 Å². The summed E-state index contributed by atoms with van der Waals surface area (Å²) in [6.45, 7) is 0.924. The number of aliphatic hydroxyl groups is 2. The van der Waals surface area contributed by atoms with E-state index in [-0.39, 0.29) is 19.0 Å². The smallest absolute Gasteiger partial charge is 0.146 e. The Morgan fingerprint density at radius 2 is 2.17 bits per heavy atom. The predicted molar refractivity (Wildman–Crippen MR) is 69.0 cm³/mol. The topological polar surface area (TPSA) is 43.7 Å². The molecule has 2 rings (SSSR count). The van der Waals surface area contributed by atoms with Gasteiger partial charge in [-0.1, -0.05) is 6.07 Å². The fourth-order valence-corrected chi connectivity index (χ4v) is 2.66. The maximum absolute atomic E-state index is 14.0. The lowest BCUT2D eigenvalue weighted by atomic mass is 10.1. The molecule has 3 nitrogen and oxygen atoms in total. The van der Waals surface area contributed by atoms with Crippen molar-refractivity contribution in [1.82, 2.24) is 0 Å². The molecule has 0 amide bonds. The number of halogens is 1. The molecule has 1 aromatic carbocycles. The van der Waals surface area contributed by atoms with Crippen molar-refractivity contribution in [2.24, 2.45) is 0 Å². The van der Waals surface area contributed by atoms with E-state index in [4.69, 9.17) is 10.2 Å².